The van der Waals surface area contributed by atoms with Crippen molar-refractivity contribution in [2.45, 2.75) is 43.5 Å². The first kappa shape index (κ1) is 13.7. The van der Waals surface area contributed by atoms with Crippen molar-refractivity contribution in [2.24, 2.45) is 0 Å². The maximum Gasteiger partial charge on any atom is 0.126 e. The molecule has 3 atom stereocenters. The largest absolute Gasteiger partial charge is 0.508 e. The molecule has 2 N–H and O–H groups in total. The molecule has 0 aromatic heterocycles. The van der Waals surface area contributed by atoms with Crippen LogP contribution in [-0.4, -0.2) is 22.7 Å². The Bertz CT molecular complexity index is 413. The van der Waals surface area contributed by atoms with Crippen LogP contribution in [0.4, 0.5) is 4.39 Å². The van der Waals surface area contributed by atoms with E-state index in [1.807, 2.05) is 18.7 Å². The fourth-order valence-corrected chi connectivity index (χ4v) is 3.43. The van der Waals surface area contributed by atoms with E-state index in [0.717, 1.165) is 10.8 Å². The van der Waals surface area contributed by atoms with Crippen LogP contribution in [0.5, 0.6) is 5.75 Å². The molecule has 1 aromatic carbocycles. The Morgan fingerprint density at radius 1 is 1.44 bits per heavy atom. The second kappa shape index (κ2) is 5.93. The monoisotopic (exact) mass is 269 g/mol. The molecule has 1 aliphatic rings. The fourth-order valence-electron chi connectivity index (χ4n) is 2.63. The van der Waals surface area contributed by atoms with E-state index >= 15 is 0 Å². The molecule has 1 aliphatic carbocycles. The van der Waals surface area contributed by atoms with E-state index in [-0.39, 0.29) is 11.8 Å². The second-order valence-electron chi connectivity index (χ2n) is 4.96. The van der Waals surface area contributed by atoms with Crippen molar-refractivity contribution in [3.63, 3.8) is 0 Å². The molecule has 0 aliphatic heterocycles. The van der Waals surface area contributed by atoms with E-state index in [1.165, 1.54) is 31.4 Å². The smallest absolute Gasteiger partial charge is 0.126 e. The number of aromatic hydroxyl groups is 1. The molecule has 18 heavy (non-hydrogen) atoms. The van der Waals surface area contributed by atoms with Crippen LogP contribution in [0.2, 0.25) is 0 Å². The Balaban J connectivity index is 1.97. The van der Waals surface area contributed by atoms with E-state index in [0.29, 0.717) is 6.04 Å². The molecule has 0 amide bonds. The van der Waals surface area contributed by atoms with Gasteiger partial charge in [0.05, 0.1) is 0 Å². The van der Waals surface area contributed by atoms with Crippen molar-refractivity contribution in [3.8, 4) is 5.75 Å². The highest BCUT2D eigenvalue weighted by molar-refractivity contribution is 7.99. The molecule has 1 aromatic rings. The normalized spacial score (nSPS) is 25.3. The minimum atomic E-state index is -0.397. The molecule has 1 fully saturated rings. The van der Waals surface area contributed by atoms with Crippen molar-refractivity contribution >= 4 is 11.8 Å². The van der Waals surface area contributed by atoms with Gasteiger partial charge in [-0.2, -0.15) is 11.8 Å². The summed E-state index contributed by atoms with van der Waals surface area (Å²) in [5.74, 6) is -0.360. The minimum absolute atomic E-state index is 0.0365. The average molecular weight is 269 g/mol. The lowest BCUT2D eigenvalue weighted by atomic mass is 10.1. The zero-order valence-corrected chi connectivity index (χ0v) is 11.6. The topological polar surface area (TPSA) is 32.3 Å². The van der Waals surface area contributed by atoms with Crippen LogP contribution in [0.25, 0.3) is 0 Å². The highest BCUT2D eigenvalue weighted by atomic mass is 32.2. The van der Waals surface area contributed by atoms with Crippen molar-refractivity contribution in [1.29, 1.82) is 0 Å². The summed E-state index contributed by atoms with van der Waals surface area (Å²) in [6.07, 6.45) is 5.76. The molecule has 2 nitrogen and oxygen atoms in total. The van der Waals surface area contributed by atoms with E-state index < -0.39 is 5.82 Å². The molecule has 0 heterocycles. The SMILES string of the molecule is CSC1CCC(NC(C)c2ccc(F)cc2O)C1. The van der Waals surface area contributed by atoms with Gasteiger partial charge in [0.25, 0.3) is 0 Å². The summed E-state index contributed by atoms with van der Waals surface area (Å²) < 4.78 is 12.9. The van der Waals surface area contributed by atoms with E-state index in [9.17, 15) is 9.50 Å². The Morgan fingerprint density at radius 2 is 2.22 bits per heavy atom. The third-order valence-corrected chi connectivity index (χ3v) is 4.76. The van der Waals surface area contributed by atoms with Crippen molar-refractivity contribution < 1.29 is 9.50 Å². The van der Waals surface area contributed by atoms with Gasteiger partial charge >= 0.3 is 0 Å². The summed E-state index contributed by atoms with van der Waals surface area (Å²) >= 11 is 1.93. The number of phenolic OH excluding ortho intramolecular Hbond substituents is 1. The first-order valence-corrected chi connectivity index (χ1v) is 7.66. The number of nitrogens with one attached hydrogen (secondary N) is 1. The maximum absolute atomic E-state index is 12.9. The molecule has 0 spiro atoms. The Hall–Kier alpha value is -0.740. The van der Waals surface area contributed by atoms with Crippen LogP contribution in [-0.2, 0) is 0 Å². The molecular weight excluding hydrogens is 249 g/mol. The first-order valence-electron chi connectivity index (χ1n) is 6.37. The lowest BCUT2D eigenvalue weighted by molar-refractivity contribution is 0.424. The van der Waals surface area contributed by atoms with Gasteiger partial charge in [0.15, 0.2) is 0 Å². The predicted octanol–water partition coefficient (Wildman–Crippen LogP) is 3.47. The molecule has 2 rings (SSSR count). The summed E-state index contributed by atoms with van der Waals surface area (Å²) in [6, 6.07) is 4.78. The van der Waals surface area contributed by atoms with Crippen LogP contribution >= 0.6 is 11.8 Å². The Labute approximate surface area is 112 Å². The number of hydrogen-bond acceptors (Lipinski definition) is 3. The van der Waals surface area contributed by atoms with Crippen LogP contribution < -0.4 is 5.32 Å². The summed E-state index contributed by atoms with van der Waals surface area (Å²) in [5, 5.41) is 14.0. The van der Waals surface area contributed by atoms with Gasteiger partial charge in [0.2, 0.25) is 0 Å². The number of thioether (sulfide) groups is 1. The summed E-state index contributed by atoms with van der Waals surface area (Å²) in [4.78, 5) is 0. The zero-order chi connectivity index (χ0) is 13.1. The fraction of sp³-hybridized carbons (Fsp3) is 0.571. The molecule has 3 unspecified atom stereocenters. The van der Waals surface area contributed by atoms with E-state index in [1.54, 1.807) is 6.07 Å². The molecular formula is C14H20FNOS. The first-order chi connectivity index (χ1) is 8.60. The Kier molecular flexibility index (Phi) is 4.51. The lowest BCUT2D eigenvalue weighted by Gasteiger charge is -2.20. The van der Waals surface area contributed by atoms with Crippen molar-refractivity contribution in [3.05, 3.63) is 29.6 Å². The lowest BCUT2D eigenvalue weighted by Crippen LogP contribution is -2.29. The van der Waals surface area contributed by atoms with Crippen LogP contribution in [0, 0.1) is 5.82 Å². The minimum Gasteiger partial charge on any atom is -0.508 e. The van der Waals surface area contributed by atoms with Gasteiger partial charge in [-0.05, 0) is 38.5 Å². The molecule has 1 saturated carbocycles. The van der Waals surface area contributed by atoms with Crippen LogP contribution in [0.1, 0.15) is 37.8 Å². The average Bonchev–Trinajstić information content (AvgIpc) is 2.76. The number of phenols is 1. The summed E-state index contributed by atoms with van der Waals surface area (Å²) in [6.45, 7) is 2.01. The number of rotatable bonds is 4. The van der Waals surface area contributed by atoms with Gasteiger partial charge < -0.3 is 10.4 Å². The molecule has 0 saturated heterocycles. The van der Waals surface area contributed by atoms with Crippen molar-refractivity contribution in [1.82, 2.24) is 5.32 Å². The zero-order valence-electron chi connectivity index (χ0n) is 10.8. The van der Waals surface area contributed by atoms with Gasteiger partial charge in [-0.25, -0.2) is 4.39 Å². The number of halogens is 1. The van der Waals surface area contributed by atoms with Gasteiger partial charge in [-0.15, -0.1) is 0 Å². The van der Waals surface area contributed by atoms with Crippen molar-refractivity contribution in [2.75, 3.05) is 6.26 Å². The van der Waals surface area contributed by atoms with Gasteiger partial charge in [0.1, 0.15) is 11.6 Å². The molecule has 100 valence electrons. The standard InChI is InChI=1S/C14H20FNOS/c1-9(13-6-3-10(15)7-14(13)17)16-11-4-5-12(8-11)18-2/h3,6-7,9,11-12,16-17H,4-5,8H2,1-2H3. The maximum atomic E-state index is 12.9. The summed E-state index contributed by atoms with van der Waals surface area (Å²) in [5.41, 5.74) is 0.768. The van der Waals surface area contributed by atoms with E-state index in [2.05, 4.69) is 11.6 Å². The van der Waals surface area contributed by atoms with Gasteiger partial charge in [-0.3, -0.25) is 0 Å². The molecule has 0 radical (unpaired) electrons. The highest BCUT2D eigenvalue weighted by Gasteiger charge is 2.25. The molecule has 4 heteroatoms. The predicted molar refractivity (Wildman–Crippen MR) is 74.6 cm³/mol. The highest BCUT2D eigenvalue weighted by Crippen LogP contribution is 2.31. The number of benzene rings is 1. The Morgan fingerprint density at radius 3 is 2.83 bits per heavy atom. The third-order valence-electron chi connectivity index (χ3n) is 3.66. The number of hydrogen-bond donors (Lipinski definition) is 2. The summed E-state index contributed by atoms with van der Waals surface area (Å²) in [7, 11) is 0. The van der Waals surface area contributed by atoms with Gasteiger partial charge in [-0.1, -0.05) is 6.07 Å². The van der Waals surface area contributed by atoms with E-state index in [4.69, 9.17) is 0 Å². The van der Waals surface area contributed by atoms with Crippen LogP contribution in [0.15, 0.2) is 18.2 Å². The second-order valence-corrected chi connectivity index (χ2v) is 6.10. The quantitative estimate of drug-likeness (QED) is 0.878. The molecule has 0 bridgehead atoms. The third kappa shape index (κ3) is 3.18. The van der Waals surface area contributed by atoms with Crippen LogP contribution in [0.3, 0.4) is 0 Å². The van der Waals surface area contributed by atoms with Gasteiger partial charge in [0, 0.05) is 29.0 Å².